The molecule has 0 aliphatic heterocycles. The molecule has 4 aromatic rings. The molecule has 6 rings (SSSR count). The second-order valence-electron chi connectivity index (χ2n) is 11.2. The molecule has 4 aromatic carbocycles. The van der Waals surface area contributed by atoms with Gasteiger partial charge in [-0.2, -0.15) is 52.7 Å². The molecule has 0 spiro atoms. The Hall–Kier alpha value is -4.48. The van der Waals surface area contributed by atoms with Crippen LogP contribution in [0.5, 0.6) is 0 Å². The second kappa shape index (κ2) is 10.8. The molecule has 0 bridgehead atoms. The van der Waals surface area contributed by atoms with Gasteiger partial charge in [0.15, 0.2) is 0 Å². The third-order valence-corrected chi connectivity index (χ3v) is 8.25. The molecule has 0 nitrogen and oxygen atoms in total. The first-order valence-corrected chi connectivity index (χ1v) is 13.9. The highest BCUT2D eigenvalue weighted by molar-refractivity contribution is 6.27. The van der Waals surface area contributed by atoms with E-state index < -0.39 is 64.0 Å². The van der Waals surface area contributed by atoms with Crippen LogP contribution in [0.25, 0.3) is 22.3 Å². The zero-order chi connectivity index (χ0) is 34.3. The smallest absolute Gasteiger partial charge is 0.166 e. The Balaban J connectivity index is 1.75. The Bertz CT molecular complexity index is 1900. The summed E-state index contributed by atoms with van der Waals surface area (Å²) < 4.78 is 167. The van der Waals surface area contributed by atoms with Crippen molar-refractivity contribution in [3.8, 4) is 0 Å². The van der Waals surface area contributed by atoms with Crippen LogP contribution in [-0.4, -0.2) is 0 Å². The van der Waals surface area contributed by atoms with E-state index in [1.165, 1.54) is 12.5 Å². The van der Waals surface area contributed by atoms with Gasteiger partial charge < -0.3 is 0 Å². The van der Waals surface area contributed by atoms with Gasteiger partial charge in [0, 0.05) is 12.3 Å². The van der Waals surface area contributed by atoms with Crippen molar-refractivity contribution in [1.29, 1.82) is 0 Å². The maximum Gasteiger partial charge on any atom is 0.416 e. The molecule has 0 N–H and O–H groups in total. The van der Waals surface area contributed by atoms with Crippen molar-refractivity contribution in [3.63, 3.8) is 0 Å². The lowest BCUT2D eigenvalue weighted by molar-refractivity contribution is -0.144. The van der Waals surface area contributed by atoms with Crippen LogP contribution in [0.2, 0.25) is 0 Å². The molecule has 0 heterocycles. The van der Waals surface area contributed by atoms with Gasteiger partial charge in [0.1, 0.15) is 0 Å². The number of rotatable bonds is 3. The van der Waals surface area contributed by atoms with E-state index in [-0.39, 0.29) is 34.4 Å². The molecule has 0 aromatic heterocycles. The number of allylic oxidation sites excluding steroid dienone is 4. The first kappa shape index (κ1) is 32.5. The van der Waals surface area contributed by atoms with Crippen molar-refractivity contribution in [2.75, 3.05) is 0 Å². The van der Waals surface area contributed by atoms with E-state index in [0.29, 0.717) is 46.5 Å². The van der Waals surface area contributed by atoms with E-state index in [1.807, 2.05) is 0 Å². The fourth-order valence-electron chi connectivity index (χ4n) is 6.22. The summed E-state index contributed by atoms with van der Waals surface area (Å²) in [4.78, 5) is 0. The lowest BCUT2D eigenvalue weighted by atomic mass is 9.85. The van der Waals surface area contributed by atoms with E-state index in [9.17, 15) is 52.7 Å². The zero-order valence-corrected chi connectivity index (χ0v) is 23.8. The molecule has 0 amide bonds. The Morgan fingerprint density at radius 3 is 1.38 bits per heavy atom. The molecule has 47 heavy (non-hydrogen) atoms. The number of alkyl halides is 12. The van der Waals surface area contributed by atoms with E-state index in [1.54, 1.807) is 49.4 Å². The standard InChI is InChI=1S/C35H19F12/c1-17-25-7-4-5-9-27(25)31(29(17)20-12-23(34(42,43)44)16-24(13-20)35(45,46)47)30-26-8-3-2-6-18(26)14-28(30)19-10-21(32(36,37)38)15-22(11-19)33(39,40)41/h2-17H,1H3. The molecule has 12 heteroatoms. The second-order valence-corrected chi connectivity index (χ2v) is 11.2. The molecular formula is C35H19F12. The topological polar surface area (TPSA) is 0 Å². The maximum absolute atomic E-state index is 13.9. The Kier molecular flexibility index (Phi) is 7.45. The van der Waals surface area contributed by atoms with Crippen LogP contribution in [0.1, 0.15) is 68.5 Å². The van der Waals surface area contributed by atoms with Gasteiger partial charge in [-0.05, 0) is 92.1 Å². The van der Waals surface area contributed by atoms with Gasteiger partial charge in [0.2, 0.25) is 0 Å². The fraction of sp³-hybridized carbons (Fsp3) is 0.171. The summed E-state index contributed by atoms with van der Waals surface area (Å²) in [6.07, 6.45) is -19.3. The van der Waals surface area contributed by atoms with Crippen LogP contribution in [0.3, 0.4) is 0 Å². The van der Waals surface area contributed by atoms with Crippen molar-refractivity contribution >= 4 is 22.3 Å². The van der Waals surface area contributed by atoms with Crippen LogP contribution >= 0.6 is 0 Å². The summed E-state index contributed by atoms with van der Waals surface area (Å²) in [7, 11) is 0. The quantitative estimate of drug-likeness (QED) is 0.191. The van der Waals surface area contributed by atoms with Gasteiger partial charge in [0.25, 0.3) is 0 Å². The van der Waals surface area contributed by atoms with Gasteiger partial charge in [-0.15, -0.1) is 0 Å². The molecule has 243 valence electrons. The largest absolute Gasteiger partial charge is 0.416 e. The molecule has 0 fully saturated rings. The van der Waals surface area contributed by atoms with E-state index in [2.05, 4.69) is 0 Å². The van der Waals surface area contributed by atoms with Crippen LogP contribution in [0.4, 0.5) is 52.7 Å². The molecule has 1 unspecified atom stereocenters. The minimum Gasteiger partial charge on any atom is -0.166 e. The molecule has 2 aliphatic carbocycles. The van der Waals surface area contributed by atoms with Crippen molar-refractivity contribution in [3.05, 3.63) is 147 Å². The minimum atomic E-state index is -5.17. The average molecular weight is 668 g/mol. The minimum absolute atomic E-state index is 0.00317. The number of fused-ring (bicyclic) bond motifs is 2. The molecule has 1 atom stereocenters. The molecule has 0 saturated carbocycles. The molecule has 0 saturated heterocycles. The number of benzene rings is 4. The Labute approximate surface area is 259 Å². The van der Waals surface area contributed by atoms with Crippen LogP contribution in [0, 0.1) is 6.42 Å². The highest BCUT2D eigenvalue weighted by atomic mass is 19.4. The first-order valence-electron chi connectivity index (χ1n) is 13.9. The normalized spacial score (nSPS) is 17.0. The van der Waals surface area contributed by atoms with E-state index in [4.69, 9.17) is 0 Å². The SMILES string of the molecule is CC1C(c2cc(C(F)(F)F)cc(C(F)(F)F)c2)=C(C2=C(c3cc(C(F)(F)F)cc(C(F)(F)F)c3)[CH]c3ccccc32)c2ccccc21. The maximum atomic E-state index is 13.9. The molecule has 1 radical (unpaired) electrons. The van der Waals surface area contributed by atoms with Gasteiger partial charge in [-0.25, -0.2) is 0 Å². The predicted octanol–water partition coefficient (Wildman–Crippen LogP) is 12.0. The number of hydrogen-bond donors (Lipinski definition) is 0. The molecule has 2 aliphatic rings. The Morgan fingerprint density at radius 2 is 0.894 bits per heavy atom. The van der Waals surface area contributed by atoms with Crippen molar-refractivity contribution < 1.29 is 52.7 Å². The lowest BCUT2D eigenvalue weighted by Crippen LogP contribution is -2.12. The zero-order valence-electron chi connectivity index (χ0n) is 23.8. The van der Waals surface area contributed by atoms with Gasteiger partial charge in [0.05, 0.1) is 22.3 Å². The van der Waals surface area contributed by atoms with E-state index >= 15 is 0 Å². The van der Waals surface area contributed by atoms with Crippen molar-refractivity contribution in [1.82, 2.24) is 0 Å². The fourth-order valence-corrected chi connectivity index (χ4v) is 6.22. The molecular weight excluding hydrogens is 648 g/mol. The first-order chi connectivity index (χ1) is 21.7. The van der Waals surface area contributed by atoms with Crippen molar-refractivity contribution in [2.45, 2.75) is 37.5 Å². The predicted molar refractivity (Wildman–Crippen MR) is 151 cm³/mol. The summed E-state index contributed by atoms with van der Waals surface area (Å²) in [6, 6.07) is 14.8. The van der Waals surface area contributed by atoms with Gasteiger partial charge in [-0.1, -0.05) is 55.5 Å². The van der Waals surface area contributed by atoms with Crippen molar-refractivity contribution in [2.24, 2.45) is 0 Å². The number of hydrogen-bond acceptors (Lipinski definition) is 0. The van der Waals surface area contributed by atoms with Gasteiger partial charge in [-0.3, -0.25) is 0 Å². The Morgan fingerprint density at radius 1 is 0.468 bits per heavy atom. The summed E-state index contributed by atoms with van der Waals surface area (Å²) in [5.74, 6) is -0.820. The van der Waals surface area contributed by atoms with Crippen LogP contribution in [-0.2, 0) is 24.7 Å². The van der Waals surface area contributed by atoms with Crippen LogP contribution < -0.4 is 0 Å². The van der Waals surface area contributed by atoms with E-state index in [0.717, 1.165) is 0 Å². The summed E-state index contributed by atoms with van der Waals surface area (Å²) in [5.41, 5.74) is -5.60. The third kappa shape index (κ3) is 5.82. The lowest BCUT2D eigenvalue weighted by Gasteiger charge is -2.20. The highest BCUT2D eigenvalue weighted by Crippen LogP contribution is 2.57. The van der Waals surface area contributed by atoms with Crippen LogP contribution in [0.15, 0.2) is 84.9 Å². The van der Waals surface area contributed by atoms with Gasteiger partial charge >= 0.3 is 24.7 Å². The monoisotopic (exact) mass is 667 g/mol. The average Bonchev–Trinajstić information content (AvgIpc) is 3.50. The third-order valence-electron chi connectivity index (χ3n) is 8.25. The number of halogens is 12. The summed E-state index contributed by atoms with van der Waals surface area (Å²) in [5, 5.41) is 0. The highest BCUT2D eigenvalue weighted by Gasteiger charge is 2.42. The summed E-state index contributed by atoms with van der Waals surface area (Å²) >= 11 is 0. The summed E-state index contributed by atoms with van der Waals surface area (Å²) in [6.45, 7) is 1.56.